The van der Waals surface area contributed by atoms with Gasteiger partial charge < -0.3 is 51.1 Å². The number of rotatable bonds is 2. The molecule has 0 bridgehead atoms. The smallest absolute Gasteiger partial charge is 0.208 e. The van der Waals surface area contributed by atoms with Crippen molar-refractivity contribution in [1.29, 1.82) is 0 Å². The molecule has 0 fully saturated rings. The highest BCUT2D eigenvalue weighted by Gasteiger charge is 2.33. The topological polar surface area (TPSA) is 202 Å². The second kappa shape index (κ2) is 7.12. The molecule has 0 spiro atoms. The summed E-state index contributed by atoms with van der Waals surface area (Å²) in [5.74, 6) is -10.5. The fourth-order valence-corrected chi connectivity index (χ4v) is 3.66. The number of phenolic OH excluding ortho intramolecular Hbond substituents is 10. The molecule has 3 aromatic carbocycles. The zero-order chi connectivity index (χ0) is 24.3. The van der Waals surface area contributed by atoms with Crippen LogP contribution in [0.1, 0.15) is 26.3 Å². The van der Waals surface area contributed by atoms with Crippen LogP contribution in [0.25, 0.3) is 22.3 Å². The van der Waals surface area contributed by atoms with Crippen LogP contribution in [0.4, 0.5) is 0 Å². The molecule has 0 saturated heterocycles. The van der Waals surface area contributed by atoms with E-state index in [1.165, 1.54) is 18.2 Å². The standard InChI is InChI=1S/C22H22O10/c1-22(2,3)11-7(9-12(23)16(27)20(31)17(28)13(9)24)5-4-6-8(11)10-14(25)18(29)21(32)19(30)15(10)26/h4-6,23-32H,1-3H3. The van der Waals surface area contributed by atoms with E-state index in [9.17, 15) is 51.1 Å². The van der Waals surface area contributed by atoms with Crippen LogP contribution in [-0.2, 0) is 5.41 Å². The Kier molecular flexibility index (Phi) is 4.97. The lowest BCUT2D eigenvalue weighted by atomic mass is 9.76. The maximum atomic E-state index is 10.4. The summed E-state index contributed by atoms with van der Waals surface area (Å²) in [6.07, 6.45) is 0. The van der Waals surface area contributed by atoms with Gasteiger partial charge >= 0.3 is 0 Å². The van der Waals surface area contributed by atoms with E-state index in [0.717, 1.165) is 0 Å². The molecule has 0 aromatic heterocycles. The normalized spacial score (nSPS) is 11.6. The van der Waals surface area contributed by atoms with Gasteiger partial charge in [-0.2, -0.15) is 0 Å². The minimum atomic E-state index is -1.14. The molecule has 0 aliphatic rings. The summed E-state index contributed by atoms with van der Waals surface area (Å²) in [5, 5.41) is 101. The van der Waals surface area contributed by atoms with Crippen molar-refractivity contribution in [3.8, 4) is 79.7 Å². The van der Waals surface area contributed by atoms with Gasteiger partial charge in [0.15, 0.2) is 23.0 Å². The molecule has 0 unspecified atom stereocenters. The first-order chi connectivity index (χ1) is 14.7. The monoisotopic (exact) mass is 446 g/mol. The Morgan fingerprint density at radius 3 is 0.938 bits per heavy atom. The Labute approximate surface area is 181 Å². The molecule has 0 aliphatic heterocycles. The van der Waals surface area contributed by atoms with Crippen LogP contribution >= 0.6 is 0 Å². The molecule has 32 heavy (non-hydrogen) atoms. The van der Waals surface area contributed by atoms with Gasteiger partial charge in [0.25, 0.3) is 0 Å². The van der Waals surface area contributed by atoms with E-state index in [1.807, 2.05) is 0 Å². The fourth-order valence-electron chi connectivity index (χ4n) is 3.66. The summed E-state index contributed by atoms with van der Waals surface area (Å²) < 4.78 is 0. The van der Waals surface area contributed by atoms with Gasteiger partial charge in [0.1, 0.15) is 0 Å². The summed E-state index contributed by atoms with van der Waals surface area (Å²) >= 11 is 0. The largest absolute Gasteiger partial charge is 0.504 e. The van der Waals surface area contributed by atoms with Crippen molar-refractivity contribution in [3.63, 3.8) is 0 Å². The maximum Gasteiger partial charge on any atom is 0.208 e. The number of phenols is 10. The lowest BCUT2D eigenvalue weighted by Crippen LogP contribution is -2.15. The molecule has 0 aliphatic carbocycles. The summed E-state index contributed by atoms with van der Waals surface area (Å²) in [6.45, 7) is 5.08. The van der Waals surface area contributed by atoms with E-state index in [2.05, 4.69) is 0 Å². The molecule has 170 valence electrons. The average Bonchev–Trinajstić information content (AvgIpc) is 2.73. The predicted octanol–water partition coefficient (Wildman–Crippen LogP) is 3.37. The molecule has 10 N–H and O–H groups in total. The number of benzene rings is 3. The molecule has 10 heteroatoms. The Morgan fingerprint density at radius 1 is 0.438 bits per heavy atom. The SMILES string of the molecule is CC(C)(C)c1c(-c2c(O)c(O)c(O)c(O)c2O)cccc1-c1c(O)c(O)c(O)c(O)c1O. The molecule has 0 amide bonds. The summed E-state index contributed by atoms with van der Waals surface area (Å²) in [4.78, 5) is 0. The van der Waals surface area contributed by atoms with Crippen LogP contribution in [0.5, 0.6) is 57.5 Å². The third-order valence-corrected chi connectivity index (χ3v) is 5.09. The van der Waals surface area contributed by atoms with E-state index in [-0.39, 0.29) is 16.7 Å². The third-order valence-electron chi connectivity index (χ3n) is 5.09. The zero-order valence-corrected chi connectivity index (χ0v) is 17.2. The second-order valence-electron chi connectivity index (χ2n) is 8.21. The Hall–Kier alpha value is -4.34. The van der Waals surface area contributed by atoms with Crippen molar-refractivity contribution in [2.45, 2.75) is 26.2 Å². The number of hydrogen-bond acceptors (Lipinski definition) is 10. The zero-order valence-electron chi connectivity index (χ0n) is 17.2. The van der Waals surface area contributed by atoms with Gasteiger partial charge in [0, 0.05) is 0 Å². The highest BCUT2D eigenvalue weighted by Crippen LogP contribution is 2.59. The number of aromatic hydroxyl groups is 10. The average molecular weight is 446 g/mol. The molecule has 0 radical (unpaired) electrons. The first-order valence-electron chi connectivity index (χ1n) is 9.23. The summed E-state index contributed by atoms with van der Waals surface area (Å²) in [6, 6.07) is 4.16. The van der Waals surface area contributed by atoms with Gasteiger partial charge in [-0.1, -0.05) is 39.0 Å². The quantitative estimate of drug-likeness (QED) is 0.205. The minimum Gasteiger partial charge on any atom is -0.504 e. The first kappa shape index (κ1) is 22.3. The Bertz CT molecular complexity index is 1110. The lowest BCUT2D eigenvalue weighted by molar-refractivity contribution is 0.329. The van der Waals surface area contributed by atoms with Crippen LogP contribution < -0.4 is 0 Å². The van der Waals surface area contributed by atoms with E-state index in [1.54, 1.807) is 20.8 Å². The molecule has 0 saturated carbocycles. The molecular formula is C22H22O10. The maximum absolute atomic E-state index is 10.4. The van der Waals surface area contributed by atoms with E-state index in [4.69, 9.17) is 0 Å². The summed E-state index contributed by atoms with van der Waals surface area (Å²) in [5.41, 5.74) is -1.56. The minimum absolute atomic E-state index is 0.0152. The van der Waals surface area contributed by atoms with Crippen LogP contribution in [0, 0.1) is 0 Å². The van der Waals surface area contributed by atoms with Gasteiger partial charge in [0.05, 0.1) is 11.1 Å². The van der Waals surface area contributed by atoms with E-state index >= 15 is 0 Å². The highest BCUT2D eigenvalue weighted by molar-refractivity contribution is 5.93. The van der Waals surface area contributed by atoms with Crippen molar-refractivity contribution in [2.24, 2.45) is 0 Å². The molecule has 3 rings (SSSR count). The van der Waals surface area contributed by atoms with Crippen molar-refractivity contribution < 1.29 is 51.1 Å². The van der Waals surface area contributed by atoms with Gasteiger partial charge in [-0.25, -0.2) is 0 Å². The predicted molar refractivity (Wildman–Crippen MR) is 113 cm³/mol. The molecular weight excluding hydrogens is 424 g/mol. The Balaban J connectivity index is 2.55. The van der Waals surface area contributed by atoms with Gasteiger partial charge in [-0.15, -0.1) is 0 Å². The molecule has 0 atom stereocenters. The van der Waals surface area contributed by atoms with E-state index in [0.29, 0.717) is 0 Å². The van der Waals surface area contributed by atoms with Crippen molar-refractivity contribution in [2.75, 3.05) is 0 Å². The fraction of sp³-hybridized carbons (Fsp3) is 0.182. The lowest BCUT2D eigenvalue weighted by Gasteiger charge is -2.28. The van der Waals surface area contributed by atoms with Crippen molar-refractivity contribution >= 4 is 0 Å². The first-order valence-corrected chi connectivity index (χ1v) is 9.23. The molecule has 10 nitrogen and oxygen atoms in total. The molecule has 3 aromatic rings. The molecule has 0 heterocycles. The van der Waals surface area contributed by atoms with Gasteiger partial charge in [0.2, 0.25) is 34.5 Å². The van der Waals surface area contributed by atoms with Crippen molar-refractivity contribution in [3.05, 3.63) is 23.8 Å². The second-order valence-corrected chi connectivity index (χ2v) is 8.21. The van der Waals surface area contributed by atoms with Crippen LogP contribution in [0.2, 0.25) is 0 Å². The van der Waals surface area contributed by atoms with E-state index < -0.39 is 74.0 Å². The van der Waals surface area contributed by atoms with Gasteiger partial charge in [-0.05, 0) is 22.1 Å². The number of hydrogen-bond donors (Lipinski definition) is 10. The van der Waals surface area contributed by atoms with Crippen LogP contribution in [-0.4, -0.2) is 51.1 Å². The van der Waals surface area contributed by atoms with Crippen molar-refractivity contribution in [1.82, 2.24) is 0 Å². The van der Waals surface area contributed by atoms with Gasteiger partial charge in [-0.3, -0.25) is 0 Å². The third kappa shape index (κ3) is 3.04. The summed E-state index contributed by atoms with van der Waals surface area (Å²) in [7, 11) is 0. The van der Waals surface area contributed by atoms with Crippen LogP contribution in [0.3, 0.4) is 0 Å². The highest BCUT2D eigenvalue weighted by atomic mass is 16.4. The van der Waals surface area contributed by atoms with Crippen LogP contribution in [0.15, 0.2) is 18.2 Å². The Morgan fingerprint density at radius 2 is 0.688 bits per heavy atom.